The maximum Gasteiger partial charge on any atom is 0.126 e. The van der Waals surface area contributed by atoms with Gasteiger partial charge in [0.1, 0.15) is 6.29 Å². The minimum atomic E-state index is 0.172. The molecule has 0 heterocycles. The van der Waals surface area contributed by atoms with Crippen LogP contribution >= 0.6 is 0 Å². The normalized spacial score (nSPS) is 61.1. The summed E-state index contributed by atoms with van der Waals surface area (Å²) in [7, 11) is 0. The summed E-state index contributed by atoms with van der Waals surface area (Å²) in [4.78, 5) is 11.1. The Labute approximate surface area is 73.5 Å². The van der Waals surface area contributed by atoms with Crippen molar-refractivity contribution in [2.45, 2.75) is 32.6 Å². The molecule has 3 fully saturated rings. The van der Waals surface area contributed by atoms with Crippen LogP contribution in [0, 0.1) is 29.1 Å². The summed E-state index contributed by atoms with van der Waals surface area (Å²) in [5.74, 6) is 3.51. The molecule has 1 heteroatoms. The summed E-state index contributed by atoms with van der Waals surface area (Å²) < 4.78 is 0. The Morgan fingerprint density at radius 1 is 1.25 bits per heavy atom. The zero-order chi connectivity index (χ0) is 8.34. The largest absolute Gasteiger partial charge is 0.303 e. The fourth-order valence-electron chi connectivity index (χ4n) is 4.37. The van der Waals surface area contributed by atoms with Crippen LogP contribution in [0.2, 0.25) is 0 Å². The molecule has 3 aliphatic rings. The molecule has 0 saturated heterocycles. The Balaban J connectivity index is 1.90. The van der Waals surface area contributed by atoms with Crippen molar-refractivity contribution in [3.05, 3.63) is 0 Å². The molecule has 3 aliphatic carbocycles. The van der Waals surface area contributed by atoms with Crippen molar-refractivity contribution < 1.29 is 4.79 Å². The highest BCUT2D eigenvalue weighted by atomic mass is 16.1. The van der Waals surface area contributed by atoms with Crippen LogP contribution in [0.1, 0.15) is 32.6 Å². The standard InChI is InChI=1S/C11H16O/c1-7-2-8-3-9-5-11(4-7,6-12)10(8)9/h6-10H,2-5H2,1H3/t7-,8-,9+,10?,11?/m1/s1. The van der Waals surface area contributed by atoms with Gasteiger partial charge in [0, 0.05) is 5.41 Å². The van der Waals surface area contributed by atoms with E-state index in [1.807, 2.05) is 0 Å². The average Bonchev–Trinajstić information content (AvgIpc) is 1.96. The van der Waals surface area contributed by atoms with Crippen LogP contribution in [0.5, 0.6) is 0 Å². The molecule has 0 spiro atoms. The summed E-state index contributed by atoms with van der Waals surface area (Å²) in [6, 6.07) is 0. The van der Waals surface area contributed by atoms with Crippen LogP contribution in [-0.2, 0) is 4.79 Å². The third-order valence-corrected chi connectivity index (χ3v) is 4.60. The first-order valence-electron chi connectivity index (χ1n) is 5.21. The van der Waals surface area contributed by atoms with E-state index in [1.165, 1.54) is 32.0 Å². The summed E-state index contributed by atoms with van der Waals surface area (Å²) in [6.45, 7) is 2.31. The third kappa shape index (κ3) is 0.605. The minimum Gasteiger partial charge on any atom is -0.303 e. The molecule has 0 radical (unpaired) electrons. The van der Waals surface area contributed by atoms with Gasteiger partial charge in [-0.2, -0.15) is 0 Å². The first kappa shape index (κ1) is 7.11. The van der Waals surface area contributed by atoms with Crippen LogP contribution in [0.4, 0.5) is 0 Å². The summed E-state index contributed by atoms with van der Waals surface area (Å²) in [5, 5.41) is 0. The molecule has 12 heavy (non-hydrogen) atoms. The van der Waals surface area contributed by atoms with Gasteiger partial charge in [0.15, 0.2) is 0 Å². The molecular weight excluding hydrogens is 148 g/mol. The Morgan fingerprint density at radius 3 is 2.75 bits per heavy atom. The Kier molecular flexibility index (Phi) is 1.15. The first-order chi connectivity index (χ1) is 5.75. The lowest BCUT2D eigenvalue weighted by Crippen LogP contribution is -2.63. The second-order valence-electron chi connectivity index (χ2n) is 5.38. The monoisotopic (exact) mass is 164 g/mol. The molecule has 0 bridgehead atoms. The first-order valence-corrected chi connectivity index (χ1v) is 5.21. The topological polar surface area (TPSA) is 17.1 Å². The van der Waals surface area contributed by atoms with Gasteiger partial charge in [0.05, 0.1) is 0 Å². The van der Waals surface area contributed by atoms with Gasteiger partial charge >= 0.3 is 0 Å². The smallest absolute Gasteiger partial charge is 0.126 e. The van der Waals surface area contributed by atoms with E-state index in [2.05, 4.69) is 6.92 Å². The fraction of sp³-hybridized carbons (Fsp3) is 0.909. The van der Waals surface area contributed by atoms with Crippen molar-refractivity contribution in [1.82, 2.24) is 0 Å². The van der Waals surface area contributed by atoms with Crippen molar-refractivity contribution in [2.24, 2.45) is 29.1 Å². The zero-order valence-corrected chi connectivity index (χ0v) is 7.62. The van der Waals surface area contributed by atoms with Gasteiger partial charge in [-0.25, -0.2) is 0 Å². The summed E-state index contributed by atoms with van der Waals surface area (Å²) in [5.41, 5.74) is 0.172. The average molecular weight is 164 g/mol. The van der Waals surface area contributed by atoms with Crippen molar-refractivity contribution in [2.75, 3.05) is 0 Å². The van der Waals surface area contributed by atoms with Gasteiger partial charge in [0.25, 0.3) is 0 Å². The highest BCUT2D eigenvalue weighted by Gasteiger charge is 2.65. The van der Waals surface area contributed by atoms with Crippen LogP contribution in [0.15, 0.2) is 0 Å². The maximum atomic E-state index is 11.1. The predicted octanol–water partition coefficient (Wildman–Crippen LogP) is 2.26. The molecule has 3 saturated carbocycles. The Bertz CT molecular complexity index is 235. The number of hydrogen-bond donors (Lipinski definition) is 0. The maximum absolute atomic E-state index is 11.1. The van der Waals surface area contributed by atoms with Crippen LogP contribution in [0.25, 0.3) is 0 Å². The molecular formula is C11H16O. The minimum absolute atomic E-state index is 0.172. The van der Waals surface area contributed by atoms with E-state index < -0.39 is 0 Å². The molecule has 2 unspecified atom stereocenters. The Hall–Kier alpha value is -0.330. The predicted molar refractivity (Wildman–Crippen MR) is 46.6 cm³/mol. The van der Waals surface area contributed by atoms with Crippen molar-refractivity contribution in [3.8, 4) is 0 Å². The number of rotatable bonds is 1. The highest BCUT2D eigenvalue weighted by Crippen LogP contribution is 2.70. The lowest BCUT2D eigenvalue weighted by molar-refractivity contribution is -0.197. The van der Waals surface area contributed by atoms with Crippen molar-refractivity contribution in [3.63, 3.8) is 0 Å². The molecule has 0 amide bonds. The summed E-state index contributed by atoms with van der Waals surface area (Å²) in [6.07, 6.45) is 6.54. The zero-order valence-electron chi connectivity index (χ0n) is 7.62. The van der Waals surface area contributed by atoms with Crippen LogP contribution < -0.4 is 0 Å². The lowest BCUT2D eigenvalue weighted by atomic mass is 9.36. The lowest BCUT2D eigenvalue weighted by Gasteiger charge is -2.68. The molecule has 3 rings (SSSR count). The number of carbonyl (C=O) groups excluding carboxylic acids is 1. The molecule has 0 aromatic rings. The van der Waals surface area contributed by atoms with Gasteiger partial charge in [-0.3, -0.25) is 0 Å². The fourth-order valence-corrected chi connectivity index (χ4v) is 4.37. The molecule has 0 aliphatic heterocycles. The molecule has 0 N–H and O–H groups in total. The Morgan fingerprint density at radius 2 is 2.08 bits per heavy atom. The molecule has 5 atom stereocenters. The summed E-state index contributed by atoms with van der Waals surface area (Å²) >= 11 is 0. The quantitative estimate of drug-likeness (QED) is 0.543. The van der Waals surface area contributed by atoms with Gasteiger partial charge in [-0.15, -0.1) is 0 Å². The van der Waals surface area contributed by atoms with Crippen molar-refractivity contribution in [1.29, 1.82) is 0 Å². The van der Waals surface area contributed by atoms with E-state index in [4.69, 9.17) is 0 Å². The second kappa shape index (κ2) is 1.94. The van der Waals surface area contributed by atoms with Crippen molar-refractivity contribution >= 4 is 6.29 Å². The SMILES string of the molecule is C[C@@H]1C[C@@H]2C[C@H]3CC(C=O)(C1)C23. The van der Waals surface area contributed by atoms with Gasteiger partial charge in [0.2, 0.25) is 0 Å². The van der Waals surface area contributed by atoms with E-state index in [0.717, 1.165) is 23.7 Å². The number of aldehydes is 1. The van der Waals surface area contributed by atoms with E-state index in [0.29, 0.717) is 0 Å². The van der Waals surface area contributed by atoms with E-state index in [1.54, 1.807) is 0 Å². The van der Waals surface area contributed by atoms with E-state index in [9.17, 15) is 4.79 Å². The van der Waals surface area contributed by atoms with Gasteiger partial charge in [-0.05, 0) is 49.4 Å². The molecule has 1 nitrogen and oxygen atoms in total. The third-order valence-electron chi connectivity index (χ3n) is 4.60. The molecule has 66 valence electrons. The second-order valence-corrected chi connectivity index (χ2v) is 5.38. The van der Waals surface area contributed by atoms with Crippen LogP contribution in [-0.4, -0.2) is 6.29 Å². The highest BCUT2D eigenvalue weighted by molar-refractivity contribution is 5.63. The van der Waals surface area contributed by atoms with E-state index in [-0.39, 0.29) is 5.41 Å². The van der Waals surface area contributed by atoms with Crippen LogP contribution in [0.3, 0.4) is 0 Å². The van der Waals surface area contributed by atoms with E-state index >= 15 is 0 Å². The van der Waals surface area contributed by atoms with Gasteiger partial charge < -0.3 is 4.79 Å². The van der Waals surface area contributed by atoms with Gasteiger partial charge in [-0.1, -0.05) is 6.92 Å². The number of carbonyl (C=O) groups is 1. The molecule has 0 aromatic heterocycles. The molecule has 0 aromatic carbocycles. The number of hydrogen-bond acceptors (Lipinski definition) is 1.